The normalized spacial score (nSPS) is 11.5. The van der Waals surface area contributed by atoms with Gasteiger partial charge >= 0.3 is 0 Å². The maximum absolute atomic E-state index is 2.39. The van der Waals surface area contributed by atoms with Crippen LogP contribution in [0.5, 0.6) is 0 Å². The molecule has 0 bridgehead atoms. The number of anilines is 3. The Hall–Kier alpha value is -8.20. The first-order valence-electron chi connectivity index (χ1n) is 21.7. The predicted molar refractivity (Wildman–Crippen MR) is 265 cm³/mol. The summed E-state index contributed by atoms with van der Waals surface area (Å²) in [5.41, 5.74) is 15.8. The van der Waals surface area contributed by atoms with Crippen molar-refractivity contribution in [3.05, 3.63) is 289 Å². The first-order chi connectivity index (χ1) is 31.3. The standard InChI is InChI=1S/C61H44N2/c1-6-19-45(20-7-1)46-33-38-54(39-34-46)62(55-40-36-52(37-41-55)61(49-22-8-2-9-23-49,50-24-10-3-11-25-50)51-26-12-4-13-27-51)56-30-18-21-47(43-56)48-35-42-60-58(44-48)57-31-16-17-32-59(57)63(60)53-28-14-5-15-29-53/h1-44H. The summed E-state index contributed by atoms with van der Waals surface area (Å²) in [6.45, 7) is 0. The number of hydrogen-bond donors (Lipinski definition) is 0. The molecule has 0 amide bonds. The molecule has 2 nitrogen and oxygen atoms in total. The topological polar surface area (TPSA) is 8.17 Å². The molecule has 0 aliphatic carbocycles. The average molecular weight is 805 g/mol. The summed E-state index contributed by atoms with van der Waals surface area (Å²) in [7, 11) is 0. The van der Waals surface area contributed by atoms with Crippen LogP contribution in [0, 0.1) is 0 Å². The number of aromatic nitrogens is 1. The van der Waals surface area contributed by atoms with Crippen molar-refractivity contribution >= 4 is 38.9 Å². The molecule has 0 atom stereocenters. The van der Waals surface area contributed by atoms with E-state index in [4.69, 9.17) is 0 Å². The second-order valence-corrected chi connectivity index (χ2v) is 16.1. The zero-order valence-corrected chi connectivity index (χ0v) is 34.8. The van der Waals surface area contributed by atoms with Crippen LogP contribution in [-0.4, -0.2) is 4.57 Å². The van der Waals surface area contributed by atoms with E-state index in [0.29, 0.717) is 0 Å². The van der Waals surface area contributed by atoms with Crippen LogP contribution in [0.1, 0.15) is 22.3 Å². The molecule has 10 aromatic carbocycles. The minimum atomic E-state index is -0.535. The second kappa shape index (κ2) is 16.3. The molecule has 2 heteroatoms. The molecule has 0 saturated carbocycles. The van der Waals surface area contributed by atoms with Crippen LogP contribution in [0.2, 0.25) is 0 Å². The first kappa shape index (κ1) is 37.8. The van der Waals surface area contributed by atoms with E-state index >= 15 is 0 Å². The van der Waals surface area contributed by atoms with E-state index in [1.54, 1.807) is 0 Å². The van der Waals surface area contributed by atoms with Gasteiger partial charge in [0.25, 0.3) is 0 Å². The summed E-state index contributed by atoms with van der Waals surface area (Å²) in [5.74, 6) is 0. The third-order valence-corrected chi connectivity index (χ3v) is 12.5. The zero-order valence-electron chi connectivity index (χ0n) is 34.8. The fourth-order valence-corrected chi connectivity index (χ4v) is 9.64. The van der Waals surface area contributed by atoms with Crippen LogP contribution in [-0.2, 0) is 5.41 Å². The van der Waals surface area contributed by atoms with Gasteiger partial charge in [0, 0.05) is 33.5 Å². The van der Waals surface area contributed by atoms with Crippen LogP contribution in [0.15, 0.2) is 267 Å². The van der Waals surface area contributed by atoms with Crippen LogP contribution in [0.25, 0.3) is 49.7 Å². The number of benzene rings is 10. The lowest BCUT2D eigenvalue weighted by atomic mass is 9.65. The molecule has 1 heterocycles. The molecule has 11 rings (SSSR count). The molecule has 0 N–H and O–H groups in total. The molecule has 0 fully saturated rings. The quantitative estimate of drug-likeness (QED) is 0.125. The minimum Gasteiger partial charge on any atom is -0.310 e. The van der Waals surface area contributed by atoms with Gasteiger partial charge in [0.2, 0.25) is 0 Å². The third kappa shape index (κ3) is 6.79. The molecule has 0 spiro atoms. The lowest BCUT2D eigenvalue weighted by Gasteiger charge is -2.37. The highest BCUT2D eigenvalue weighted by molar-refractivity contribution is 6.10. The summed E-state index contributed by atoms with van der Waals surface area (Å²) in [6, 6.07) is 96.8. The molecule has 0 radical (unpaired) electrons. The molecule has 0 saturated heterocycles. The Morgan fingerprint density at radius 1 is 0.270 bits per heavy atom. The summed E-state index contributed by atoms with van der Waals surface area (Å²) < 4.78 is 2.37. The largest absolute Gasteiger partial charge is 0.310 e. The van der Waals surface area contributed by atoms with E-state index in [9.17, 15) is 0 Å². The molecule has 11 aromatic rings. The zero-order chi connectivity index (χ0) is 42.0. The van der Waals surface area contributed by atoms with Gasteiger partial charge in [0.15, 0.2) is 0 Å². The molecule has 63 heavy (non-hydrogen) atoms. The Labute approximate surface area is 369 Å². The van der Waals surface area contributed by atoms with Crippen molar-refractivity contribution in [2.45, 2.75) is 5.41 Å². The maximum Gasteiger partial charge on any atom is 0.0701 e. The van der Waals surface area contributed by atoms with Crippen molar-refractivity contribution in [3.8, 4) is 27.9 Å². The van der Waals surface area contributed by atoms with Crippen molar-refractivity contribution in [3.63, 3.8) is 0 Å². The van der Waals surface area contributed by atoms with E-state index in [1.165, 1.54) is 60.8 Å². The van der Waals surface area contributed by atoms with Gasteiger partial charge < -0.3 is 9.47 Å². The Bertz CT molecular complexity index is 3190. The average Bonchev–Trinajstić information content (AvgIpc) is 3.70. The lowest BCUT2D eigenvalue weighted by Crippen LogP contribution is -2.31. The van der Waals surface area contributed by atoms with E-state index in [2.05, 4.69) is 276 Å². The summed E-state index contributed by atoms with van der Waals surface area (Å²) in [4.78, 5) is 2.39. The fourth-order valence-electron chi connectivity index (χ4n) is 9.64. The van der Waals surface area contributed by atoms with Gasteiger partial charge in [-0.1, -0.05) is 200 Å². The summed E-state index contributed by atoms with van der Waals surface area (Å²) in [6.07, 6.45) is 0. The second-order valence-electron chi connectivity index (χ2n) is 16.1. The fraction of sp³-hybridized carbons (Fsp3) is 0.0164. The summed E-state index contributed by atoms with van der Waals surface area (Å²) >= 11 is 0. The van der Waals surface area contributed by atoms with Crippen molar-refractivity contribution in [2.24, 2.45) is 0 Å². The number of rotatable bonds is 10. The Morgan fingerprint density at radius 2 is 0.698 bits per heavy atom. The molecule has 0 aliphatic heterocycles. The smallest absolute Gasteiger partial charge is 0.0701 e. The lowest BCUT2D eigenvalue weighted by molar-refractivity contribution is 0.745. The van der Waals surface area contributed by atoms with Crippen molar-refractivity contribution in [1.29, 1.82) is 0 Å². The van der Waals surface area contributed by atoms with Crippen molar-refractivity contribution in [2.75, 3.05) is 4.90 Å². The molecular weight excluding hydrogens is 761 g/mol. The van der Waals surface area contributed by atoms with E-state index < -0.39 is 5.41 Å². The van der Waals surface area contributed by atoms with Crippen molar-refractivity contribution in [1.82, 2.24) is 4.57 Å². The first-order valence-corrected chi connectivity index (χ1v) is 21.7. The van der Waals surface area contributed by atoms with Crippen molar-refractivity contribution < 1.29 is 0 Å². The highest BCUT2D eigenvalue weighted by atomic mass is 15.1. The highest BCUT2D eigenvalue weighted by Crippen LogP contribution is 2.47. The van der Waals surface area contributed by atoms with E-state index in [-0.39, 0.29) is 0 Å². The van der Waals surface area contributed by atoms with E-state index in [1.807, 2.05) is 0 Å². The number of hydrogen-bond acceptors (Lipinski definition) is 1. The van der Waals surface area contributed by atoms with Gasteiger partial charge in [-0.25, -0.2) is 0 Å². The monoisotopic (exact) mass is 804 g/mol. The Balaban J connectivity index is 1.06. The number of para-hydroxylation sites is 2. The van der Waals surface area contributed by atoms with Crippen LogP contribution >= 0.6 is 0 Å². The molecule has 298 valence electrons. The molecule has 0 aliphatic rings. The van der Waals surface area contributed by atoms with Gasteiger partial charge in [-0.2, -0.15) is 0 Å². The number of nitrogens with zero attached hydrogens (tertiary/aromatic N) is 2. The van der Waals surface area contributed by atoms with E-state index in [0.717, 1.165) is 28.3 Å². The van der Waals surface area contributed by atoms with Crippen LogP contribution < -0.4 is 4.90 Å². The predicted octanol–water partition coefficient (Wildman–Crippen LogP) is 16.0. The molecular formula is C61H44N2. The van der Waals surface area contributed by atoms with Gasteiger partial charge in [0.05, 0.1) is 16.4 Å². The Kier molecular flexibility index (Phi) is 9.80. The van der Waals surface area contributed by atoms with Gasteiger partial charge in [0.1, 0.15) is 0 Å². The molecule has 1 aromatic heterocycles. The SMILES string of the molecule is c1ccc(-c2ccc(N(c3ccc(C(c4ccccc4)(c4ccccc4)c4ccccc4)cc3)c3cccc(-c4ccc5c(c4)c4ccccc4n5-c4ccccc4)c3)cc2)cc1. The van der Waals surface area contributed by atoms with Crippen LogP contribution in [0.4, 0.5) is 17.1 Å². The van der Waals surface area contributed by atoms with Gasteiger partial charge in [-0.3, -0.25) is 0 Å². The van der Waals surface area contributed by atoms with Gasteiger partial charge in [-0.15, -0.1) is 0 Å². The van der Waals surface area contributed by atoms with Gasteiger partial charge in [-0.05, 0) is 111 Å². The van der Waals surface area contributed by atoms with Crippen LogP contribution in [0.3, 0.4) is 0 Å². The number of fused-ring (bicyclic) bond motifs is 3. The maximum atomic E-state index is 2.39. The minimum absolute atomic E-state index is 0.535. The Morgan fingerprint density at radius 3 is 1.30 bits per heavy atom. The molecule has 0 unspecified atom stereocenters. The summed E-state index contributed by atoms with van der Waals surface area (Å²) in [5, 5.41) is 2.48. The third-order valence-electron chi connectivity index (χ3n) is 12.5. The highest BCUT2D eigenvalue weighted by Gasteiger charge is 2.38.